The standard InChI is InChI=1S/C23H21NO5S.Na.H/c1-27-17-9-5-15-6-10-20(28-2)19(18(15)12-17)13-29-16-7-3-14(4-8-16)11-21-22(25)24-23(26)30-21;;/h3-10,12,21H,11,13H2,1-2H3,(H,24,25,26);;. The molecule has 1 heterocycles. The van der Waals surface area contributed by atoms with Crippen LogP contribution in [-0.2, 0) is 17.8 Å². The Kier molecular flexibility index (Phi) is 7.89. The number of carbonyl (C=O) groups excluding carboxylic acids is 2. The summed E-state index contributed by atoms with van der Waals surface area (Å²) in [6.45, 7) is 0.336. The maximum atomic E-state index is 11.7. The maximum absolute atomic E-state index is 11.7. The van der Waals surface area contributed by atoms with E-state index in [0.717, 1.165) is 45.2 Å². The molecule has 3 aromatic carbocycles. The summed E-state index contributed by atoms with van der Waals surface area (Å²) in [7, 11) is 3.28. The van der Waals surface area contributed by atoms with Gasteiger partial charge in [0.05, 0.1) is 19.5 Å². The van der Waals surface area contributed by atoms with Crippen LogP contribution in [0.25, 0.3) is 10.8 Å². The van der Waals surface area contributed by atoms with Crippen molar-refractivity contribution in [3.8, 4) is 17.2 Å². The Morgan fingerprint density at radius 3 is 2.29 bits per heavy atom. The zero-order chi connectivity index (χ0) is 21.1. The predicted molar refractivity (Wildman–Crippen MR) is 124 cm³/mol. The molecule has 1 unspecified atom stereocenters. The van der Waals surface area contributed by atoms with Crippen molar-refractivity contribution < 1.29 is 23.8 Å². The zero-order valence-corrected chi connectivity index (χ0v) is 17.5. The molecule has 0 bridgehead atoms. The van der Waals surface area contributed by atoms with E-state index < -0.39 is 0 Å². The molecule has 0 aliphatic carbocycles. The van der Waals surface area contributed by atoms with Crippen molar-refractivity contribution in [2.24, 2.45) is 0 Å². The van der Waals surface area contributed by atoms with Crippen LogP contribution in [-0.4, -0.2) is 60.2 Å². The van der Waals surface area contributed by atoms with E-state index >= 15 is 0 Å². The molecule has 31 heavy (non-hydrogen) atoms. The fourth-order valence-electron chi connectivity index (χ4n) is 3.43. The second kappa shape index (κ2) is 10.4. The average Bonchev–Trinajstić information content (AvgIpc) is 3.08. The fraction of sp³-hybridized carbons (Fsp3) is 0.217. The monoisotopic (exact) mass is 447 g/mol. The molecular weight excluding hydrogens is 425 g/mol. The van der Waals surface area contributed by atoms with E-state index in [0.29, 0.717) is 18.8 Å². The zero-order valence-electron chi connectivity index (χ0n) is 16.6. The Morgan fingerprint density at radius 2 is 1.65 bits per heavy atom. The topological polar surface area (TPSA) is 73.9 Å². The van der Waals surface area contributed by atoms with Gasteiger partial charge in [0.15, 0.2) is 0 Å². The molecule has 1 atom stereocenters. The van der Waals surface area contributed by atoms with Crippen LogP contribution in [0.1, 0.15) is 11.1 Å². The Labute approximate surface area is 206 Å². The van der Waals surface area contributed by atoms with E-state index in [1.807, 2.05) is 54.6 Å². The number of nitrogens with one attached hydrogen (secondary N) is 1. The van der Waals surface area contributed by atoms with Crippen LogP contribution < -0.4 is 19.5 Å². The summed E-state index contributed by atoms with van der Waals surface area (Å²) in [6, 6.07) is 17.4. The van der Waals surface area contributed by atoms with E-state index in [4.69, 9.17) is 14.2 Å². The van der Waals surface area contributed by atoms with Gasteiger partial charge in [0.25, 0.3) is 5.24 Å². The molecule has 6 nitrogen and oxygen atoms in total. The first-order valence-corrected chi connectivity index (χ1v) is 10.3. The fourth-order valence-corrected chi connectivity index (χ4v) is 4.29. The minimum absolute atomic E-state index is 0. The molecule has 0 aromatic heterocycles. The number of hydrogen-bond donors (Lipinski definition) is 1. The second-order valence-corrected chi connectivity index (χ2v) is 8.03. The van der Waals surface area contributed by atoms with Crippen LogP contribution in [0.5, 0.6) is 17.2 Å². The third-order valence-corrected chi connectivity index (χ3v) is 5.99. The minimum atomic E-state index is -0.376. The van der Waals surface area contributed by atoms with E-state index in [-0.39, 0.29) is 46.0 Å². The van der Waals surface area contributed by atoms with E-state index in [9.17, 15) is 9.59 Å². The van der Waals surface area contributed by atoms with Gasteiger partial charge in [0.2, 0.25) is 5.91 Å². The van der Waals surface area contributed by atoms with Gasteiger partial charge in [0, 0.05) is 5.56 Å². The Morgan fingerprint density at radius 1 is 0.935 bits per heavy atom. The number of ether oxygens (including phenoxy) is 3. The molecule has 0 radical (unpaired) electrons. The molecule has 8 heteroatoms. The van der Waals surface area contributed by atoms with Crippen LogP contribution in [0, 0.1) is 0 Å². The Bertz CT molecular complexity index is 1100. The summed E-state index contributed by atoms with van der Waals surface area (Å²) in [6.07, 6.45) is 0.499. The van der Waals surface area contributed by atoms with Crippen molar-refractivity contribution in [1.82, 2.24) is 5.32 Å². The third-order valence-electron chi connectivity index (χ3n) is 5.01. The average molecular weight is 447 g/mol. The number of amides is 2. The molecule has 156 valence electrons. The number of carbonyl (C=O) groups is 2. The first-order valence-electron chi connectivity index (χ1n) is 9.44. The van der Waals surface area contributed by atoms with E-state index in [1.54, 1.807) is 14.2 Å². The van der Waals surface area contributed by atoms with Crippen LogP contribution in [0.2, 0.25) is 0 Å². The van der Waals surface area contributed by atoms with Gasteiger partial charge in [-0.05, 0) is 53.1 Å². The van der Waals surface area contributed by atoms with Crippen LogP contribution in [0.3, 0.4) is 0 Å². The summed E-state index contributed by atoms with van der Waals surface area (Å²) in [5.41, 5.74) is 1.91. The van der Waals surface area contributed by atoms with Gasteiger partial charge in [-0.2, -0.15) is 0 Å². The SMILES string of the molecule is COc1ccc2ccc(OC)c(COc3ccc(CC4SC(=O)NC4=O)cc3)c2c1.[NaH]. The van der Waals surface area contributed by atoms with Gasteiger partial charge < -0.3 is 14.2 Å². The molecule has 1 fully saturated rings. The summed E-state index contributed by atoms with van der Waals surface area (Å²) < 4.78 is 16.9. The predicted octanol–water partition coefficient (Wildman–Crippen LogP) is 3.68. The van der Waals surface area contributed by atoms with Gasteiger partial charge in [-0.3, -0.25) is 14.9 Å². The van der Waals surface area contributed by atoms with Crippen molar-refractivity contribution >= 4 is 63.2 Å². The number of thioether (sulfide) groups is 1. The first kappa shape index (κ1) is 23.5. The number of methoxy groups -OCH3 is 2. The summed E-state index contributed by atoms with van der Waals surface area (Å²) in [4.78, 5) is 23.0. The van der Waals surface area contributed by atoms with Gasteiger partial charge in [0.1, 0.15) is 23.9 Å². The van der Waals surface area contributed by atoms with Crippen molar-refractivity contribution in [3.05, 3.63) is 65.7 Å². The molecule has 1 aliphatic heterocycles. The molecule has 1 saturated heterocycles. The Hall–Kier alpha value is -2.19. The van der Waals surface area contributed by atoms with Crippen LogP contribution in [0.15, 0.2) is 54.6 Å². The van der Waals surface area contributed by atoms with Crippen molar-refractivity contribution in [1.29, 1.82) is 0 Å². The van der Waals surface area contributed by atoms with E-state index in [1.165, 1.54) is 0 Å². The third kappa shape index (κ3) is 5.36. The number of imide groups is 1. The van der Waals surface area contributed by atoms with E-state index in [2.05, 4.69) is 5.32 Å². The number of rotatable bonds is 7. The second-order valence-electron chi connectivity index (χ2n) is 6.85. The molecule has 1 N–H and O–H groups in total. The molecular formula is C23H22NNaO5S. The van der Waals surface area contributed by atoms with Crippen molar-refractivity contribution in [2.45, 2.75) is 18.3 Å². The summed E-state index contributed by atoms with van der Waals surface area (Å²) >= 11 is 1.03. The van der Waals surface area contributed by atoms with Gasteiger partial charge in [-0.1, -0.05) is 36.0 Å². The van der Waals surface area contributed by atoms with Crippen molar-refractivity contribution in [2.75, 3.05) is 14.2 Å². The molecule has 3 aromatic rings. The summed E-state index contributed by atoms with van der Waals surface area (Å²) in [5.74, 6) is 2.00. The summed E-state index contributed by atoms with van der Waals surface area (Å²) in [5, 5.41) is 3.74. The normalized spacial score (nSPS) is 15.4. The van der Waals surface area contributed by atoms with Crippen LogP contribution in [0.4, 0.5) is 4.79 Å². The molecule has 1 aliphatic rings. The molecule has 0 saturated carbocycles. The number of fused-ring (bicyclic) bond motifs is 1. The van der Waals surface area contributed by atoms with Gasteiger partial charge in [-0.15, -0.1) is 0 Å². The number of hydrogen-bond acceptors (Lipinski definition) is 6. The van der Waals surface area contributed by atoms with Gasteiger partial charge >= 0.3 is 29.6 Å². The molecule has 0 spiro atoms. The quantitative estimate of drug-likeness (QED) is 0.557. The van der Waals surface area contributed by atoms with Gasteiger partial charge in [-0.25, -0.2) is 0 Å². The van der Waals surface area contributed by atoms with Crippen LogP contribution >= 0.6 is 11.8 Å². The number of benzene rings is 3. The first-order chi connectivity index (χ1) is 14.6. The van der Waals surface area contributed by atoms with Crippen molar-refractivity contribution in [3.63, 3.8) is 0 Å². The molecule has 4 rings (SSSR count). The molecule has 2 amide bonds. The Balaban J connectivity index is 0.00000272.